The Balaban J connectivity index is 1.85. The number of aryl methyl sites for hydroxylation is 1. The number of carbonyl (C=O) groups is 1. The van der Waals surface area contributed by atoms with E-state index in [1.807, 2.05) is 0 Å². The Morgan fingerprint density at radius 3 is 3.11 bits per heavy atom. The van der Waals surface area contributed by atoms with Crippen molar-refractivity contribution in [1.82, 2.24) is 4.98 Å². The highest BCUT2D eigenvalue weighted by Crippen LogP contribution is 2.39. The second-order valence-electron chi connectivity index (χ2n) is 4.39. The molecule has 0 saturated carbocycles. The molecule has 4 nitrogen and oxygen atoms in total. The number of fused-ring (bicyclic) bond motifs is 1. The molecule has 1 aliphatic rings. The highest BCUT2D eigenvalue weighted by atomic mass is 32.1. The number of nitrogens with one attached hydrogen (secondary N) is 1. The minimum absolute atomic E-state index is 0.322. The van der Waals surface area contributed by atoms with E-state index in [0.717, 1.165) is 11.3 Å². The second kappa shape index (κ2) is 4.62. The van der Waals surface area contributed by atoms with Gasteiger partial charge in [-0.2, -0.15) is 0 Å². The number of nitrogens with zero attached hydrogens (tertiary/aromatic N) is 1. The maximum absolute atomic E-state index is 13.1. The lowest BCUT2D eigenvalue weighted by Gasteiger charge is -2.04. The molecule has 1 heterocycles. The van der Waals surface area contributed by atoms with Crippen molar-refractivity contribution < 1.29 is 14.3 Å². The highest BCUT2D eigenvalue weighted by Gasteiger charge is 2.32. The Hall–Kier alpha value is -1.95. The van der Waals surface area contributed by atoms with Crippen LogP contribution in [0.1, 0.15) is 22.9 Å². The largest absolute Gasteiger partial charge is 0.481 e. The van der Waals surface area contributed by atoms with Crippen LogP contribution in [0.2, 0.25) is 0 Å². The Bertz CT molecular complexity index is 641. The van der Waals surface area contributed by atoms with Crippen LogP contribution in [0.3, 0.4) is 0 Å². The number of aliphatic carboxylic acids is 1. The maximum Gasteiger partial charge on any atom is 0.312 e. The number of carboxylic acid groups (broad SMARTS) is 1. The first-order chi connectivity index (χ1) is 9.13. The molecule has 3 rings (SSSR count). The molecule has 2 aromatic rings. The number of carboxylic acids is 1. The number of rotatable bonds is 3. The molecule has 19 heavy (non-hydrogen) atoms. The van der Waals surface area contributed by atoms with Gasteiger partial charge in [-0.1, -0.05) is 6.07 Å². The minimum atomic E-state index is -0.832. The molecule has 1 aromatic heterocycles. The first kappa shape index (κ1) is 12.1. The summed E-state index contributed by atoms with van der Waals surface area (Å²) in [5.74, 6) is -1.66. The van der Waals surface area contributed by atoms with E-state index in [0.29, 0.717) is 22.9 Å². The molecule has 2 N–H and O–H groups in total. The molecule has 0 bridgehead atoms. The zero-order valence-electron chi connectivity index (χ0n) is 9.89. The van der Waals surface area contributed by atoms with E-state index in [1.54, 1.807) is 12.1 Å². The molecule has 1 aromatic carbocycles. The molecular weight excluding hydrogens is 267 g/mol. The van der Waals surface area contributed by atoms with Crippen molar-refractivity contribution in [3.63, 3.8) is 0 Å². The summed E-state index contributed by atoms with van der Waals surface area (Å²) < 4.78 is 13.1. The van der Waals surface area contributed by atoms with E-state index >= 15 is 0 Å². The van der Waals surface area contributed by atoms with Gasteiger partial charge in [-0.05, 0) is 31.0 Å². The molecule has 0 radical (unpaired) electrons. The van der Waals surface area contributed by atoms with Gasteiger partial charge >= 0.3 is 5.97 Å². The van der Waals surface area contributed by atoms with Crippen LogP contribution in [0.4, 0.5) is 15.2 Å². The summed E-state index contributed by atoms with van der Waals surface area (Å²) in [6.07, 6.45) is 1.36. The van der Waals surface area contributed by atoms with E-state index in [-0.39, 0.29) is 5.82 Å². The topological polar surface area (TPSA) is 62.2 Å². The van der Waals surface area contributed by atoms with Gasteiger partial charge in [-0.3, -0.25) is 4.79 Å². The summed E-state index contributed by atoms with van der Waals surface area (Å²) in [6, 6.07) is 6.10. The van der Waals surface area contributed by atoms with Gasteiger partial charge in [-0.25, -0.2) is 9.37 Å². The summed E-state index contributed by atoms with van der Waals surface area (Å²) in [5.41, 5.74) is 1.26. The van der Waals surface area contributed by atoms with Crippen molar-refractivity contribution in [1.29, 1.82) is 0 Å². The van der Waals surface area contributed by atoms with E-state index in [1.165, 1.54) is 23.5 Å². The van der Waals surface area contributed by atoms with Gasteiger partial charge in [0.2, 0.25) is 0 Å². The van der Waals surface area contributed by atoms with E-state index in [9.17, 15) is 9.18 Å². The second-order valence-corrected chi connectivity index (χ2v) is 5.48. The van der Waals surface area contributed by atoms with Crippen LogP contribution in [0.25, 0.3) is 0 Å². The number of hydrogen-bond acceptors (Lipinski definition) is 4. The summed E-state index contributed by atoms with van der Waals surface area (Å²) in [6.45, 7) is 0. The molecule has 98 valence electrons. The quantitative estimate of drug-likeness (QED) is 0.905. The summed E-state index contributed by atoms with van der Waals surface area (Å²) in [5, 5.41) is 12.7. The monoisotopic (exact) mass is 278 g/mol. The van der Waals surface area contributed by atoms with Crippen molar-refractivity contribution >= 4 is 28.1 Å². The fourth-order valence-corrected chi connectivity index (χ4v) is 3.27. The van der Waals surface area contributed by atoms with E-state index in [4.69, 9.17) is 5.11 Å². The van der Waals surface area contributed by atoms with E-state index < -0.39 is 11.9 Å². The first-order valence-corrected chi connectivity index (χ1v) is 6.70. The lowest BCUT2D eigenvalue weighted by molar-refractivity contribution is -0.138. The predicted molar refractivity (Wildman–Crippen MR) is 70.5 cm³/mol. The standard InChI is InChI=1S/C13H11FN2O2S/c14-7-2-1-3-8(6-7)15-13-16-11-9(12(17)18)4-5-10(11)19-13/h1-3,6,9H,4-5H2,(H,15,16)(H,17,18). The SMILES string of the molecule is O=C(O)C1CCc2sc(Nc3cccc(F)c3)nc21. The third kappa shape index (κ3) is 2.31. The van der Waals surface area contributed by atoms with Crippen molar-refractivity contribution in [2.45, 2.75) is 18.8 Å². The normalized spacial score (nSPS) is 17.2. The maximum atomic E-state index is 13.1. The Labute approximate surface area is 112 Å². The fraction of sp³-hybridized carbons (Fsp3) is 0.231. The van der Waals surface area contributed by atoms with Crippen LogP contribution in [-0.4, -0.2) is 16.1 Å². The minimum Gasteiger partial charge on any atom is -0.481 e. The van der Waals surface area contributed by atoms with Crippen molar-refractivity contribution in [2.24, 2.45) is 0 Å². The van der Waals surface area contributed by atoms with Crippen molar-refractivity contribution in [3.05, 3.63) is 40.7 Å². The lowest BCUT2D eigenvalue weighted by atomic mass is 10.1. The van der Waals surface area contributed by atoms with Crippen LogP contribution in [0.5, 0.6) is 0 Å². The smallest absolute Gasteiger partial charge is 0.312 e. The van der Waals surface area contributed by atoms with Crippen LogP contribution >= 0.6 is 11.3 Å². The summed E-state index contributed by atoms with van der Waals surface area (Å²) in [4.78, 5) is 16.4. The molecular formula is C13H11FN2O2S. The predicted octanol–water partition coefficient (Wildman–Crippen LogP) is 3.14. The molecule has 0 spiro atoms. The number of halogens is 1. The molecule has 6 heteroatoms. The lowest BCUT2D eigenvalue weighted by Crippen LogP contribution is -2.08. The van der Waals surface area contributed by atoms with Crippen LogP contribution in [-0.2, 0) is 11.2 Å². The zero-order valence-corrected chi connectivity index (χ0v) is 10.7. The zero-order chi connectivity index (χ0) is 13.4. The summed E-state index contributed by atoms with van der Waals surface area (Å²) >= 11 is 1.44. The van der Waals surface area contributed by atoms with Gasteiger partial charge in [0.15, 0.2) is 5.13 Å². The van der Waals surface area contributed by atoms with Gasteiger partial charge in [0, 0.05) is 10.6 Å². The first-order valence-electron chi connectivity index (χ1n) is 5.88. The number of benzene rings is 1. The Morgan fingerprint density at radius 2 is 2.37 bits per heavy atom. The average molecular weight is 278 g/mol. The van der Waals surface area contributed by atoms with Gasteiger partial charge < -0.3 is 10.4 Å². The molecule has 0 amide bonds. The van der Waals surface area contributed by atoms with Gasteiger partial charge in [0.25, 0.3) is 0 Å². The highest BCUT2D eigenvalue weighted by molar-refractivity contribution is 7.15. The third-order valence-corrected chi connectivity index (χ3v) is 4.14. The molecule has 1 aliphatic carbocycles. The number of thiazole rings is 1. The third-order valence-electron chi connectivity index (χ3n) is 3.09. The molecule has 0 fully saturated rings. The van der Waals surface area contributed by atoms with E-state index in [2.05, 4.69) is 10.3 Å². The van der Waals surface area contributed by atoms with Gasteiger partial charge in [0.05, 0.1) is 5.69 Å². The average Bonchev–Trinajstić information content (AvgIpc) is 2.87. The van der Waals surface area contributed by atoms with Crippen LogP contribution < -0.4 is 5.32 Å². The fourth-order valence-electron chi connectivity index (χ4n) is 2.21. The van der Waals surface area contributed by atoms with Gasteiger partial charge in [0.1, 0.15) is 11.7 Å². The Morgan fingerprint density at radius 1 is 1.53 bits per heavy atom. The van der Waals surface area contributed by atoms with Crippen LogP contribution in [0.15, 0.2) is 24.3 Å². The molecule has 1 unspecified atom stereocenters. The van der Waals surface area contributed by atoms with Crippen LogP contribution in [0, 0.1) is 5.82 Å². The number of aromatic nitrogens is 1. The van der Waals surface area contributed by atoms with Crippen molar-refractivity contribution in [3.8, 4) is 0 Å². The van der Waals surface area contributed by atoms with Gasteiger partial charge in [-0.15, -0.1) is 11.3 Å². The Kier molecular flexibility index (Phi) is 2.94. The van der Waals surface area contributed by atoms with Crippen molar-refractivity contribution in [2.75, 3.05) is 5.32 Å². The molecule has 1 atom stereocenters. The summed E-state index contributed by atoms with van der Waals surface area (Å²) in [7, 11) is 0. The molecule has 0 aliphatic heterocycles. The molecule has 0 saturated heterocycles. The number of hydrogen-bond donors (Lipinski definition) is 2. The number of anilines is 2.